The molecule has 1 aliphatic carbocycles. The van der Waals surface area contributed by atoms with E-state index in [-0.39, 0.29) is 18.2 Å². The van der Waals surface area contributed by atoms with E-state index in [9.17, 15) is 5.11 Å². The molecule has 0 aliphatic heterocycles. The normalized spacial score (nSPS) is 18.0. The second-order valence-corrected chi connectivity index (χ2v) is 5.18. The first kappa shape index (κ1) is 13.1. The smallest absolute Gasteiger partial charge is 0.218 e. The van der Waals surface area contributed by atoms with E-state index in [1.165, 1.54) is 6.33 Å². The number of hydrogen-bond acceptors (Lipinski definition) is 5. The Morgan fingerprint density at radius 1 is 1.39 bits per heavy atom. The molecule has 2 N–H and O–H groups in total. The maximum atomic E-state index is 9.56. The summed E-state index contributed by atoms with van der Waals surface area (Å²) in [5.41, 5.74) is -0.219. The van der Waals surface area contributed by atoms with Crippen molar-refractivity contribution in [2.24, 2.45) is 0 Å². The van der Waals surface area contributed by atoms with Gasteiger partial charge in [0.2, 0.25) is 5.88 Å². The summed E-state index contributed by atoms with van der Waals surface area (Å²) in [7, 11) is 0. The summed E-state index contributed by atoms with van der Waals surface area (Å²) in [6, 6.07) is 1.79. The maximum absolute atomic E-state index is 9.56. The highest BCUT2D eigenvalue weighted by molar-refractivity contribution is 5.40. The molecule has 0 bridgehead atoms. The lowest BCUT2D eigenvalue weighted by atomic mass is 9.99. The van der Waals surface area contributed by atoms with Gasteiger partial charge in [-0.2, -0.15) is 0 Å². The van der Waals surface area contributed by atoms with E-state index in [2.05, 4.69) is 15.3 Å². The molecule has 18 heavy (non-hydrogen) atoms. The molecule has 5 nitrogen and oxygen atoms in total. The van der Waals surface area contributed by atoms with Crippen molar-refractivity contribution in [1.82, 2.24) is 9.97 Å². The third-order valence-corrected chi connectivity index (χ3v) is 3.25. The van der Waals surface area contributed by atoms with Gasteiger partial charge in [-0.1, -0.05) is 12.8 Å². The van der Waals surface area contributed by atoms with E-state index in [1.807, 2.05) is 13.8 Å². The molecule has 0 amide bonds. The molecule has 0 radical (unpaired) electrons. The number of anilines is 1. The van der Waals surface area contributed by atoms with Crippen LogP contribution in [0.4, 0.5) is 5.82 Å². The number of ether oxygens (including phenoxy) is 1. The number of hydrogen-bond donors (Lipinski definition) is 2. The summed E-state index contributed by atoms with van der Waals surface area (Å²) in [4.78, 5) is 8.26. The average molecular weight is 251 g/mol. The highest BCUT2D eigenvalue weighted by atomic mass is 16.5. The zero-order valence-electron chi connectivity index (χ0n) is 11.0. The third-order valence-electron chi connectivity index (χ3n) is 3.25. The van der Waals surface area contributed by atoms with E-state index in [1.54, 1.807) is 6.07 Å². The van der Waals surface area contributed by atoms with Gasteiger partial charge in [-0.25, -0.2) is 9.97 Å². The van der Waals surface area contributed by atoms with E-state index in [4.69, 9.17) is 4.74 Å². The van der Waals surface area contributed by atoms with Crippen LogP contribution in [0.5, 0.6) is 5.88 Å². The van der Waals surface area contributed by atoms with Crippen molar-refractivity contribution < 1.29 is 9.84 Å². The van der Waals surface area contributed by atoms with E-state index < -0.39 is 0 Å². The average Bonchev–Trinajstić information content (AvgIpc) is 2.78. The molecular formula is C13H21N3O2. The standard InChI is InChI=1S/C13H21N3O2/c1-10(2)18-12-7-11(14-9-15-12)16-13(8-17)5-3-4-6-13/h7,9-10,17H,3-6,8H2,1-2H3,(H,14,15,16). The minimum Gasteiger partial charge on any atom is -0.475 e. The number of aromatic nitrogens is 2. The van der Waals surface area contributed by atoms with Gasteiger partial charge in [-0.15, -0.1) is 0 Å². The zero-order valence-corrected chi connectivity index (χ0v) is 11.0. The molecule has 1 aromatic heterocycles. The van der Waals surface area contributed by atoms with Crippen LogP contribution in [-0.2, 0) is 0 Å². The van der Waals surface area contributed by atoms with E-state index >= 15 is 0 Å². The van der Waals surface area contributed by atoms with E-state index in [0.717, 1.165) is 31.5 Å². The van der Waals surface area contributed by atoms with Crippen molar-refractivity contribution in [2.75, 3.05) is 11.9 Å². The first-order valence-corrected chi connectivity index (χ1v) is 6.51. The minimum absolute atomic E-state index is 0.0889. The van der Waals surface area contributed by atoms with Crippen molar-refractivity contribution in [3.63, 3.8) is 0 Å². The third kappa shape index (κ3) is 3.10. The molecular weight excluding hydrogens is 230 g/mol. The molecule has 0 aromatic carbocycles. The lowest BCUT2D eigenvalue weighted by Gasteiger charge is -2.28. The molecule has 0 saturated heterocycles. The van der Waals surface area contributed by atoms with Crippen LogP contribution in [0.15, 0.2) is 12.4 Å². The SMILES string of the molecule is CC(C)Oc1cc(NC2(CO)CCCC2)ncn1. The van der Waals surface area contributed by atoms with Gasteiger partial charge < -0.3 is 15.2 Å². The molecule has 2 rings (SSSR count). The minimum atomic E-state index is -0.219. The van der Waals surface area contributed by atoms with Crippen molar-refractivity contribution in [3.8, 4) is 5.88 Å². The summed E-state index contributed by atoms with van der Waals surface area (Å²) in [5.74, 6) is 1.28. The Morgan fingerprint density at radius 2 is 2.11 bits per heavy atom. The molecule has 100 valence electrons. The predicted octanol–water partition coefficient (Wildman–Crippen LogP) is 1.98. The summed E-state index contributed by atoms with van der Waals surface area (Å²) in [5, 5.41) is 12.9. The van der Waals surface area contributed by atoms with Crippen molar-refractivity contribution in [3.05, 3.63) is 12.4 Å². The molecule has 0 atom stereocenters. The Hall–Kier alpha value is -1.36. The summed E-state index contributed by atoms with van der Waals surface area (Å²) >= 11 is 0. The number of nitrogens with one attached hydrogen (secondary N) is 1. The van der Waals surface area contributed by atoms with Gasteiger partial charge in [0.25, 0.3) is 0 Å². The predicted molar refractivity (Wildman–Crippen MR) is 69.7 cm³/mol. The molecule has 1 aliphatic rings. The fourth-order valence-corrected chi connectivity index (χ4v) is 2.36. The fraction of sp³-hybridized carbons (Fsp3) is 0.692. The van der Waals surface area contributed by atoms with Gasteiger partial charge in [-0.05, 0) is 26.7 Å². The van der Waals surface area contributed by atoms with Crippen LogP contribution >= 0.6 is 0 Å². The molecule has 1 fully saturated rings. The van der Waals surface area contributed by atoms with Crippen LogP contribution < -0.4 is 10.1 Å². The van der Waals surface area contributed by atoms with Crippen LogP contribution in [0.2, 0.25) is 0 Å². The Labute approximate surface area is 108 Å². The molecule has 5 heteroatoms. The molecule has 1 saturated carbocycles. The zero-order chi connectivity index (χ0) is 13.0. The largest absolute Gasteiger partial charge is 0.475 e. The molecule has 1 heterocycles. The topological polar surface area (TPSA) is 67.3 Å². The second-order valence-electron chi connectivity index (χ2n) is 5.18. The highest BCUT2D eigenvalue weighted by Gasteiger charge is 2.33. The lowest BCUT2D eigenvalue weighted by Crippen LogP contribution is -2.39. The number of nitrogens with zero attached hydrogens (tertiary/aromatic N) is 2. The Bertz CT molecular complexity index is 390. The van der Waals surface area contributed by atoms with Crippen molar-refractivity contribution >= 4 is 5.82 Å². The Kier molecular flexibility index (Phi) is 4.01. The van der Waals surface area contributed by atoms with Crippen LogP contribution in [0.1, 0.15) is 39.5 Å². The number of rotatable bonds is 5. The lowest BCUT2D eigenvalue weighted by molar-refractivity contribution is 0.213. The second kappa shape index (κ2) is 5.52. The van der Waals surface area contributed by atoms with Crippen molar-refractivity contribution in [2.45, 2.75) is 51.2 Å². The first-order valence-electron chi connectivity index (χ1n) is 6.51. The van der Waals surface area contributed by atoms with Gasteiger partial charge in [0.1, 0.15) is 12.1 Å². The van der Waals surface area contributed by atoms with Gasteiger partial charge in [0.15, 0.2) is 0 Å². The summed E-state index contributed by atoms with van der Waals surface area (Å²) in [6.07, 6.45) is 5.83. The van der Waals surface area contributed by atoms with Gasteiger partial charge in [0.05, 0.1) is 18.2 Å². The highest BCUT2D eigenvalue weighted by Crippen LogP contribution is 2.32. The van der Waals surface area contributed by atoms with Crippen LogP contribution in [0, 0.1) is 0 Å². The monoisotopic (exact) mass is 251 g/mol. The summed E-state index contributed by atoms with van der Waals surface area (Å²) < 4.78 is 5.53. The molecule has 1 aromatic rings. The van der Waals surface area contributed by atoms with Gasteiger partial charge in [0, 0.05) is 6.07 Å². The Morgan fingerprint density at radius 3 is 2.72 bits per heavy atom. The van der Waals surface area contributed by atoms with E-state index in [0.29, 0.717) is 5.88 Å². The van der Waals surface area contributed by atoms with Gasteiger partial charge in [-0.3, -0.25) is 0 Å². The Balaban J connectivity index is 2.08. The first-order chi connectivity index (χ1) is 8.63. The summed E-state index contributed by atoms with van der Waals surface area (Å²) in [6.45, 7) is 4.06. The van der Waals surface area contributed by atoms with Crippen LogP contribution in [0.3, 0.4) is 0 Å². The van der Waals surface area contributed by atoms with Gasteiger partial charge >= 0.3 is 0 Å². The maximum Gasteiger partial charge on any atom is 0.218 e. The quantitative estimate of drug-likeness (QED) is 0.837. The molecule has 0 spiro atoms. The van der Waals surface area contributed by atoms with Crippen LogP contribution in [0.25, 0.3) is 0 Å². The molecule has 0 unspecified atom stereocenters. The van der Waals surface area contributed by atoms with Crippen molar-refractivity contribution in [1.29, 1.82) is 0 Å². The fourth-order valence-electron chi connectivity index (χ4n) is 2.36. The number of aliphatic hydroxyl groups is 1. The number of aliphatic hydroxyl groups excluding tert-OH is 1. The van der Waals surface area contributed by atoms with Crippen LogP contribution in [-0.4, -0.2) is 33.3 Å².